The molecule has 17 heavy (non-hydrogen) atoms. The maximum atomic E-state index is 10.6. The molecule has 0 saturated heterocycles. The maximum absolute atomic E-state index is 10.6. The molecule has 0 heterocycles. The van der Waals surface area contributed by atoms with Crippen LogP contribution in [0.2, 0.25) is 0 Å². The average Bonchev–Trinajstić information content (AvgIpc) is 2.34. The molecule has 0 aliphatic carbocycles. The van der Waals surface area contributed by atoms with Gasteiger partial charge in [0.2, 0.25) is 0 Å². The van der Waals surface area contributed by atoms with Crippen molar-refractivity contribution >= 4 is 12.3 Å². The number of rotatable bonds is 5. The van der Waals surface area contributed by atoms with Crippen LogP contribution in [0.5, 0.6) is 0 Å². The highest BCUT2D eigenvalue weighted by molar-refractivity contribution is 5.74. The van der Waals surface area contributed by atoms with E-state index in [1.165, 1.54) is 18.2 Å². The van der Waals surface area contributed by atoms with Gasteiger partial charge in [-0.3, -0.25) is 0 Å². The van der Waals surface area contributed by atoms with E-state index in [9.17, 15) is 14.7 Å². The fourth-order valence-electron chi connectivity index (χ4n) is 1.46. The molecule has 5 nitrogen and oxygen atoms in total. The van der Waals surface area contributed by atoms with Gasteiger partial charge in [0.15, 0.2) is 6.10 Å². The summed E-state index contributed by atoms with van der Waals surface area (Å²) in [5.74, 6) is -1.35. The van der Waals surface area contributed by atoms with Gasteiger partial charge in [-0.05, 0) is 23.6 Å². The van der Waals surface area contributed by atoms with Gasteiger partial charge >= 0.3 is 5.97 Å². The van der Waals surface area contributed by atoms with Crippen LogP contribution in [0.3, 0.4) is 0 Å². The van der Waals surface area contributed by atoms with Crippen molar-refractivity contribution in [2.45, 2.75) is 18.9 Å². The molecular formula is C12H11NO4. The summed E-state index contributed by atoms with van der Waals surface area (Å²) in [6, 6.07) is 6.24. The normalized spacial score (nSPS) is 11.5. The lowest BCUT2D eigenvalue weighted by atomic mass is 9.98. The molecule has 0 radical (unpaired) electrons. The van der Waals surface area contributed by atoms with Crippen molar-refractivity contribution in [3.8, 4) is 6.07 Å². The van der Waals surface area contributed by atoms with Crippen molar-refractivity contribution < 1.29 is 19.8 Å². The van der Waals surface area contributed by atoms with Gasteiger partial charge in [-0.15, -0.1) is 0 Å². The number of nitriles is 1. The third-order valence-corrected chi connectivity index (χ3v) is 2.33. The highest BCUT2D eigenvalue weighted by atomic mass is 16.4. The molecule has 1 atom stereocenters. The number of carbonyl (C=O) groups is 2. The molecule has 0 fully saturated rings. The van der Waals surface area contributed by atoms with E-state index in [0.717, 1.165) is 6.29 Å². The molecule has 0 saturated carbocycles. The Hall–Kier alpha value is -2.19. The Labute approximate surface area is 97.9 Å². The van der Waals surface area contributed by atoms with Crippen LogP contribution in [-0.2, 0) is 16.0 Å². The predicted molar refractivity (Wildman–Crippen MR) is 58.1 cm³/mol. The number of aliphatic hydroxyl groups is 1. The largest absolute Gasteiger partial charge is 0.479 e. The van der Waals surface area contributed by atoms with Crippen molar-refractivity contribution in [3.05, 3.63) is 34.9 Å². The number of aliphatic carboxylic acids is 1. The molecule has 1 unspecified atom stereocenters. The summed E-state index contributed by atoms with van der Waals surface area (Å²) < 4.78 is 0. The number of hydrogen-bond donors (Lipinski definition) is 2. The maximum Gasteiger partial charge on any atom is 0.337 e. The van der Waals surface area contributed by atoms with Crippen LogP contribution in [0.25, 0.3) is 0 Å². The van der Waals surface area contributed by atoms with Crippen LogP contribution >= 0.6 is 0 Å². The van der Waals surface area contributed by atoms with Crippen molar-refractivity contribution in [3.63, 3.8) is 0 Å². The summed E-state index contributed by atoms with van der Waals surface area (Å²) in [6.07, 6.45) is -0.285. The molecule has 5 heteroatoms. The quantitative estimate of drug-likeness (QED) is 0.733. The summed E-state index contributed by atoms with van der Waals surface area (Å²) in [4.78, 5) is 20.9. The lowest BCUT2D eigenvalue weighted by molar-refractivity contribution is -0.146. The van der Waals surface area contributed by atoms with E-state index in [1.807, 2.05) is 6.07 Å². The highest BCUT2D eigenvalue weighted by Crippen LogP contribution is 2.19. The molecule has 1 rings (SSSR count). The monoisotopic (exact) mass is 233 g/mol. The summed E-state index contributed by atoms with van der Waals surface area (Å²) in [5.41, 5.74) is 1.16. The summed E-state index contributed by atoms with van der Waals surface area (Å²) in [6.45, 7) is 0. The zero-order valence-electron chi connectivity index (χ0n) is 8.96. The number of hydrogen-bond acceptors (Lipinski definition) is 4. The van der Waals surface area contributed by atoms with E-state index in [1.54, 1.807) is 0 Å². The van der Waals surface area contributed by atoms with Crippen LogP contribution in [0.1, 0.15) is 29.2 Å². The first-order valence-corrected chi connectivity index (χ1v) is 4.97. The SMILES string of the molecule is N#Cc1ccc(C(O)C(=O)O)cc1CCC=O. The Kier molecular flexibility index (Phi) is 4.37. The number of benzene rings is 1. The third kappa shape index (κ3) is 3.13. The molecule has 0 spiro atoms. The van der Waals surface area contributed by atoms with Crippen LogP contribution < -0.4 is 0 Å². The van der Waals surface area contributed by atoms with Crippen LogP contribution in [0.4, 0.5) is 0 Å². The molecule has 0 amide bonds. The van der Waals surface area contributed by atoms with Gasteiger partial charge < -0.3 is 15.0 Å². The van der Waals surface area contributed by atoms with Crippen molar-refractivity contribution in [1.29, 1.82) is 5.26 Å². The van der Waals surface area contributed by atoms with E-state index in [-0.39, 0.29) is 12.0 Å². The number of carboxylic acid groups (broad SMARTS) is 1. The van der Waals surface area contributed by atoms with E-state index in [2.05, 4.69) is 0 Å². The van der Waals surface area contributed by atoms with Gasteiger partial charge in [0.1, 0.15) is 6.29 Å². The first kappa shape index (κ1) is 12.9. The standard InChI is InChI=1S/C12H11NO4/c13-7-10-4-3-9(11(15)12(16)17)6-8(10)2-1-5-14/h3-6,11,15H,1-2H2,(H,16,17). The summed E-state index contributed by atoms with van der Waals surface area (Å²) >= 11 is 0. The zero-order valence-corrected chi connectivity index (χ0v) is 8.96. The third-order valence-electron chi connectivity index (χ3n) is 2.33. The molecule has 1 aromatic rings. The van der Waals surface area contributed by atoms with Crippen molar-refractivity contribution in [1.82, 2.24) is 0 Å². The Morgan fingerprint density at radius 1 is 1.53 bits per heavy atom. The molecule has 0 aromatic heterocycles. The number of aryl methyl sites for hydroxylation is 1. The van der Waals surface area contributed by atoms with Gasteiger partial charge in [0, 0.05) is 6.42 Å². The topological polar surface area (TPSA) is 98.4 Å². The Bertz CT molecular complexity index is 476. The average molecular weight is 233 g/mol. The Morgan fingerprint density at radius 3 is 2.76 bits per heavy atom. The van der Waals surface area contributed by atoms with Gasteiger partial charge in [0.05, 0.1) is 11.6 Å². The molecular weight excluding hydrogens is 222 g/mol. The highest BCUT2D eigenvalue weighted by Gasteiger charge is 2.17. The number of carbonyl (C=O) groups excluding carboxylic acids is 1. The fourth-order valence-corrected chi connectivity index (χ4v) is 1.46. The van der Waals surface area contributed by atoms with Crippen molar-refractivity contribution in [2.24, 2.45) is 0 Å². The van der Waals surface area contributed by atoms with Crippen LogP contribution in [0, 0.1) is 11.3 Å². The Balaban J connectivity index is 3.08. The van der Waals surface area contributed by atoms with E-state index >= 15 is 0 Å². The number of carboxylic acids is 1. The minimum Gasteiger partial charge on any atom is -0.479 e. The zero-order chi connectivity index (χ0) is 12.8. The summed E-state index contributed by atoms with van der Waals surface area (Å²) in [5, 5.41) is 26.9. The first-order chi connectivity index (χ1) is 8.10. The number of aliphatic hydroxyl groups excluding tert-OH is 1. The lowest BCUT2D eigenvalue weighted by Crippen LogP contribution is -2.11. The molecule has 1 aromatic carbocycles. The van der Waals surface area contributed by atoms with E-state index in [4.69, 9.17) is 10.4 Å². The van der Waals surface area contributed by atoms with Gasteiger partial charge in [-0.1, -0.05) is 12.1 Å². The van der Waals surface area contributed by atoms with Gasteiger partial charge in [-0.2, -0.15) is 5.26 Å². The second kappa shape index (κ2) is 5.77. The lowest BCUT2D eigenvalue weighted by Gasteiger charge is -2.09. The second-order valence-corrected chi connectivity index (χ2v) is 3.47. The van der Waals surface area contributed by atoms with Gasteiger partial charge in [-0.25, -0.2) is 4.79 Å². The predicted octanol–water partition coefficient (Wildman–Crippen LogP) is 0.808. The van der Waals surface area contributed by atoms with Crippen LogP contribution in [0.15, 0.2) is 18.2 Å². The van der Waals surface area contributed by atoms with Gasteiger partial charge in [0.25, 0.3) is 0 Å². The van der Waals surface area contributed by atoms with E-state index in [0.29, 0.717) is 17.5 Å². The first-order valence-electron chi connectivity index (χ1n) is 4.97. The van der Waals surface area contributed by atoms with Crippen LogP contribution in [-0.4, -0.2) is 22.5 Å². The minimum atomic E-state index is -1.61. The Morgan fingerprint density at radius 2 is 2.24 bits per heavy atom. The number of aldehydes is 1. The minimum absolute atomic E-state index is 0.206. The molecule has 88 valence electrons. The molecule has 0 aliphatic rings. The smallest absolute Gasteiger partial charge is 0.337 e. The summed E-state index contributed by atoms with van der Waals surface area (Å²) in [7, 11) is 0. The number of nitrogens with zero attached hydrogens (tertiary/aromatic N) is 1. The molecule has 0 aliphatic heterocycles. The second-order valence-electron chi connectivity index (χ2n) is 3.47. The molecule has 2 N–H and O–H groups in total. The fraction of sp³-hybridized carbons (Fsp3) is 0.250. The van der Waals surface area contributed by atoms with Crippen molar-refractivity contribution in [2.75, 3.05) is 0 Å². The van der Waals surface area contributed by atoms with E-state index < -0.39 is 12.1 Å². The molecule has 0 bridgehead atoms.